The van der Waals surface area contributed by atoms with Gasteiger partial charge in [-0.15, -0.1) is 0 Å². The van der Waals surface area contributed by atoms with E-state index in [2.05, 4.69) is 23.7 Å². The zero-order valence-electron chi connectivity index (χ0n) is 9.91. The number of hydroxylamine groups is 1. The van der Waals surface area contributed by atoms with Gasteiger partial charge in [0.15, 0.2) is 0 Å². The molecule has 1 atom stereocenters. The minimum atomic E-state index is -0.485. The first-order chi connectivity index (χ1) is 7.50. The summed E-state index contributed by atoms with van der Waals surface area (Å²) in [5.74, 6) is -0.485. The van der Waals surface area contributed by atoms with Crippen LogP contribution in [0, 0.1) is 13.8 Å². The van der Waals surface area contributed by atoms with Crippen LogP contribution in [0.5, 0.6) is 0 Å². The maximum absolute atomic E-state index is 10.5. The van der Waals surface area contributed by atoms with Crippen LogP contribution >= 0.6 is 0 Å². The van der Waals surface area contributed by atoms with E-state index in [1.807, 2.05) is 20.8 Å². The predicted octanol–water partition coefficient (Wildman–Crippen LogP) is 1.37. The molecule has 0 fully saturated rings. The van der Waals surface area contributed by atoms with E-state index in [9.17, 15) is 4.79 Å². The minimum Gasteiger partial charge on any atom is -0.368 e. The van der Waals surface area contributed by atoms with Crippen LogP contribution in [0.2, 0.25) is 0 Å². The van der Waals surface area contributed by atoms with Crippen LogP contribution in [0.1, 0.15) is 29.7 Å². The summed E-state index contributed by atoms with van der Waals surface area (Å²) in [6, 6.07) is 6.26. The van der Waals surface area contributed by atoms with Gasteiger partial charge in [0.05, 0.1) is 6.04 Å². The van der Waals surface area contributed by atoms with Crippen molar-refractivity contribution in [3.8, 4) is 0 Å². The van der Waals surface area contributed by atoms with Gasteiger partial charge in [-0.25, -0.2) is 0 Å². The maximum Gasteiger partial charge on any atom is 0.245 e. The third-order valence-corrected chi connectivity index (χ3v) is 2.38. The van der Waals surface area contributed by atoms with Crippen molar-refractivity contribution in [3.63, 3.8) is 0 Å². The number of nitrogens with one attached hydrogen (secondary N) is 1. The van der Waals surface area contributed by atoms with Crippen LogP contribution in [-0.2, 0) is 9.63 Å². The molecule has 0 saturated heterocycles. The van der Waals surface area contributed by atoms with Gasteiger partial charge in [-0.3, -0.25) is 9.63 Å². The van der Waals surface area contributed by atoms with Gasteiger partial charge < -0.3 is 5.73 Å². The fourth-order valence-corrected chi connectivity index (χ4v) is 1.53. The minimum absolute atomic E-state index is 0.0271. The van der Waals surface area contributed by atoms with Crippen molar-refractivity contribution in [1.82, 2.24) is 5.48 Å². The van der Waals surface area contributed by atoms with Gasteiger partial charge in [-0.2, -0.15) is 5.48 Å². The highest BCUT2D eigenvalue weighted by molar-refractivity contribution is 5.74. The fourth-order valence-electron chi connectivity index (χ4n) is 1.53. The lowest BCUT2D eigenvalue weighted by Crippen LogP contribution is -2.27. The second kappa shape index (κ2) is 5.63. The topological polar surface area (TPSA) is 64.3 Å². The van der Waals surface area contributed by atoms with E-state index in [-0.39, 0.29) is 12.6 Å². The summed E-state index contributed by atoms with van der Waals surface area (Å²) in [5, 5.41) is 0. The average Bonchev–Trinajstić information content (AvgIpc) is 2.21. The Morgan fingerprint density at radius 3 is 2.81 bits per heavy atom. The molecule has 1 unspecified atom stereocenters. The Morgan fingerprint density at radius 1 is 1.50 bits per heavy atom. The number of rotatable bonds is 5. The largest absolute Gasteiger partial charge is 0.368 e. The van der Waals surface area contributed by atoms with E-state index in [1.54, 1.807) is 0 Å². The summed E-state index contributed by atoms with van der Waals surface area (Å²) >= 11 is 0. The summed E-state index contributed by atoms with van der Waals surface area (Å²) in [7, 11) is 0. The Bertz CT molecular complexity index is 377. The summed E-state index contributed by atoms with van der Waals surface area (Å²) in [4.78, 5) is 15.5. The van der Waals surface area contributed by atoms with E-state index in [0.717, 1.165) is 5.56 Å². The highest BCUT2D eigenvalue weighted by atomic mass is 16.6. The molecule has 1 aromatic carbocycles. The Kier molecular flexibility index (Phi) is 4.46. The molecule has 16 heavy (non-hydrogen) atoms. The van der Waals surface area contributed by atoms with Crippen LogP contribution in [0.15, 0.2) is 18.2 Å². The molecule has 4 nitrogen and oxygen atoms in total. The predicted molar refractivity (Wildman–Crippen MR) is 62.6 cm³/mol. The van der Waals surface area contributed by atoms with Gasteiger partial charge in [0.2, 0.25) is 5.91 Å². The second-order valence-corrected chi connectivity index (χ2v) is 3.95. The second-order valence-electron chi connectivity index (χ2n) is 3.95. The van der Waals surface area contributed by atoms with E-state index in [1.165, 1.54) is 11.1 Å². The number of amides is 1. The number of primary amides is 1. The molecule has 0 radical (unpaired) electrons. The monoisotopic (exact) mass is 222 g/mol. The summed E-state index contributed by atoms with van der Waals surface area (Å²) < 4.78 is 0. The van der Waals surface area contributed by atoms with Crippen LogP contribution in [0.3, 0.4) is 0 Å². The molecule has 0 aliphatic carbocycles. The van der Waals surface area contributed by atoms with Gasteiger partial charge >= 0.3 is 0 Å². The molecule has 0 aliphatic rings. The first-order valence-electron chi connectivity index (χ1n) is 5.23. The maximum atomic E-state index is 10.5. The molecule has 1 amide bonds. The summed E-state index contributed by atoms with van der Waals surface area (Å²) in [6.07, 6.45) is 0. The third kappa shape index (κ3) is 3.64. The van der Waals surface area contributed by atoms with Gasteiger partial charge in [-0.05, 0) is 31.9 Å². The number of carbonyl (C=O) groups excluding carboxylic acids is 1. The molecule has 0 bridgehead atoms. The summed E-state index contributed by atoms with van der Waals surface area (Å²) in [6.45, 7) is 5.94. The molecule has 3 N–H and O–H groups in total. The normalized spacial score (nSPS) is 12.4. The molecule has 0 saturated carbocycles. The van der Waals surface area contributed by atoms with E-state index in [0.29, 0.717) is 0 Å². The van der Waals surface area contributed by atoms with Crippen molar-refractivity contribution >= 4 is 5.91 Å². The molecular formula is C12H18N2O2. The van der Waals surface area contributed by atoms with E-state index in [4.69, 9.17) is 10.6 Å². The zero-order chi connectivity index (χ0) is 12.1. The van der Waals surface area contributed by atoms with Crippen molar-refractivity contribution in [1.29, 1.82) is 0 Å². The molecule has 0 aromatic heterocycles. The van der Waals surface area contributed by atoms with E-state index >= 15 is 0 Å². The first-order valence-corrected chi connectivity index (χ1v) is 5.23. The quantitative estimate of drug-likeness (QED) is 0.739. The number of hydrogen-bond acceptors (Lipinski definition) is 3. The number of aryl methyl sites for hydroxylation is 2. The molecule has 4 heteroatoms. The fraction of sp³-hybridized carbons (Fsp3) is 0.417. The Morgan fingerprint density at radius 2 is 2.19 bits per heavy atom. The van der Waals surface area contributed by atoms with Crippen LogP contribution in [-0.4, -0.2) is 12.5 Å². The number of nitrogens with two attached hydrogens (primary N) is 1. The first kappa shape index (κ1) is 12.7. The van der Waals surface area contributed by atoms with Gasteiger partial charge in [0, 0.05) is 0 Å². The molecule has 0 aliphatic heterocycles. The van der Waals surface area contributed by atoms with Gasteiger partial charge in [0.1, 0.15) is 6.61 Å². The van der Waals surface area contributed by atoms with Crippen molar-refractivity contribution in [3.05, 3.63) is 34.9 Å². The average molecular weight is 222 g/mol. The van der Waals surface area contributed by atoms with Crippen molar-refractivity contribution in [2.24, 2.45) is 5.73 Å². The van der Waals surface area contributed by atoms with Crippen molar-refractivity contribution < 1.29 is 9.63 Å². The highest BCUT2D eigenvalue weighted by Crippen LogP contribution is 2.18. The van der Waals surface area contributed by atoms with Gasteiger partial charge in [0.25, 0.3) is 0 Å². The molecule has 1 aromatic rings. The molecule has 1 rings (SSSR count). The Labute approximate surface area is 95.7 Å². The van der Waals surface area contributed by atoms with Crippen LogP contribution in [0.4, 0.5) is 0 Å². The molecule has 88 valence electrons. The molecule has 0 heterocycles. The lowest BCUT2D eigenvalue weighted by atomic mass is 10.0. The van der Waals surface area contributed by atoms with Crippen molar-refractivity contribution in [2.45, 2.75) is 26.8 Å². The van der Waals surface area contributed by atoms with Crippen LogP contribution < -0.4 is 11.2 Å². The highest BCUT2D eigenvalue weighted by Gasteiger charge is 2.08. The van der Waals surface area contributed by atoms with E-state index < -0.39 is 5.91 Å². The zero-order valence-corrected chi connectivity index (χ0v) is 9.91. The smallest absolute Gasteiger partial charge is 0.245 e. The molecular weight excluding hydrogens is 204 g/mol. The molecule has 0 spiro atoms. The Hall–Kier alpha value is -1.39. The SMILES string of the molecule is Cc1ccc(C)c(C(C)NOCC(N)=O)c1. The Balaban J connectivity index is 2.61. The number of benzene rings is 1. The van der Waals surface area contributed by atoms with Crippen LogP contribution in [0.25, 0.3) is 0 Å². The number of hydrogen-bond donors (Lipinski definition) is 2. The van der Waals surface area contributed by atoms with Crippen molar-refractivity contribution in [2.75, 3.05) is 6.61 Å². The lowest BCUT2D eigenvalue weighted by molar-refractivity contribution is -0.126. The summed E-state index contributed by atoms with van der Waals surface area (Å²) in [5.41, 5.74) is 11.3. The lowest BCUT2D eigenvalue weighted by Gasteiger charge is -2.16. The standard InChI is InChI=1S/C12H18N2O2/c1-8-4-5-9(2)11(6-8)10(3)14-16-7-12(13)15/h4-6,10,14H,7H2,1-3H3,(H2,13,15). The van der Waals surface area contributed by atoms with Gasteiger partial charge in [-0.1, -0.05) is 23.8 Å². The third-order valence-electron chi connectivity index (χ3n) is 2.38. The number of carbonyl (C=O) groups is 1.